The second-order valence-corrected chi connectivity index (χ2v) is 9.26. The summed E-state index contributed by atoms with van der Waals surface area (Å²) in [4.78, 5) is 0.118. The molecular weight excluding hydrogens is 339 g/mol. The molecule has 0 radical (unpaired) electrons. The molecule has 0 unspecified atom stereocenters. The lowest BCUT2D eigenvalue weighted by Crippen LogP contribution is -2.42. The van der Waals surface area contributed by atoms with Gasteiger partial charge in [0.25, 0.3) is 0 Å². The third kappa shape index (κ3) is 3.31. The molecule has 0 spiro atoms. The summed E-state index contributed by atoms with van der Waals surface area (Å²) < 4.78 is 27.2. The molecule has 1 aromatic heterocycles. The summed E-state index contributed by atoms with van der Waals surface area (Å²) in [5.41, 5.74) is 0. The number of sulfonamides is 1. The van der Waals surface area contributed by atoms with Crippen LogP contribution in [0.4, 0.5) is 0 Å². The Morgan fingerprint density at radius 3 is 2.35 bits per heavy atom. The topological polar surface area (TPSA) is 49.4 Å². The zero-order valence-corrected chi connectivity index (χ0v) is 14.5. The van der Waals surface area contributed by atoms with E-state index in [-0.39, 0.29) is 15.3 Å². The minimum atomic E-state index is -3.57. The molecule has 114 valence electrons. The van der Waals surface area contributed by atoms with Crippen LogP contribution in [-0.4, -0.2) is 38.9 Å². The fraction of sp³-hybridized carbons (Fsp3) is 0.667. The van der Waals surface area contributed by atoms with Crippen LogP contribution in [0.2, 0.25) is 8.67 Å². The average Bonchev–Trinajstić information content (AvgIpc) is 2.77. The zero-order chi connectivity index (χ0) is 14.9. The van der Waals surface area contributed by atoms with Crippen molar-refractivity contribution in [1.82, 2.24) is 9.62 Å². The second-order valence-electron chi connectivity index (χ2n) is 5.00. The molecule has 2 rings (SSSR count). The Labute approximate surface area is 134 Å². The highest BCUT2D eigenvalue weighted by Crippen LogP contribution is 2.37. The quantitative estimate of drug-likeness (QED) is 0.900. The molecule has 1 aromatic rings. The van der Waals surface area contributed by atoms with Crippen molar-refractivity contribution in [2.24, 2.45) is 0 Å². The molecule has 1 N–H and O–H groups in total. The van der Waals surface area contributed by atoms with E-state index >= 15 is 0 Å². The summed E-state index contributed by atoms with van der Waals surface area (Å²) in [6.45, 7) is 0. The highest BCUT2D eigenvalue weighted by atomic mass is 35.5. The number of halogens is 2. The lowest BCUT2D eigenvalue weighted by Gasteiger charge is -2.33. The van der Waals surface area contributed by atoms with Gasteiger partial charge in [0.1, 0.15) is 9.23 Å². The maximum atomic E-state index is 12.6. The van der Waals surface area contributed by atoms with E-state index < -0.39 is 10.0 Å². The molecule has 0 amide bonds. The summed E-state index contributed by atoms with van der Waals surface area (Å²) in [6.07, 6.45) is 3.69. The van der Waals surface area contributed by atoms with E-state index in [1.807, 2.05) is 7.05 Å². The third-order valence-electron chi connectivity index (χ3n) is 3.90. The van der Waals surface area contributed by atoms with E-state index in [4.69, 9.17) is 23.2 Å². The lowest BCUT2D eigenvalue weighted by molar-refractivity contribution is 0.255. The summed E-state index contributed by atoms with van der Waals surface area (Å²) >= 11 is 12.9. The molecule has 1 aliphatic carbocycles. The summed E-state index contributed by atoms with van der Waals surface area (Å²) in [7, 11) is 0.00393. The van der Waals surface area contributed by atoms with Crippen molar-refractivity contribution in [3.8, 4) is 0 Å². The van der Waals surface area contributed by atoms with Crippen LogP contribution in [0.1, 0.15) is 25.7 Å². The number of rotatable bonds is 4. The van der Waals surface area contributed by atoms with Gasteiger partial charge in [-0.25, -0.2) is 8.42 Å². The number of thiophene rings is 1. The Morgan fingerprint density at radius 1 is 1.30 bits per heavy atom. The first kappa shape index (κ1) is 16.5. The van der Waals surface area contributed by atoms with Crippen molar-refractivity contribution in [1.29, 1.82) is 0 Å². The fourth-order valence-electron chi connectivity index (χ4n) is 2.58. The molecule has 0 aromatic carbocycles. The van der Waals surface area contributed by atoms with Crippen LogP contribution in [0.15, 0.2) is 11.0 Å². The molecule has 1 fully saturated rings. The predicted molar refractivity (Wildman–Crippen MR) is 84.4 cm³/mol. The van der Waals surface area contributed by atoms with E-state index in [1.54, 1.807) is 7.05 Å². The summed E-state index contributed by atoms with van der Waals surface area (Å²) in [5.74, 6) is 0. The van der Waals surface area contributed by atoms with Crippen LogP contribution >= 0.6 is 34.5 Å². The van der Waals surface area contributed by atoms with E-state index in [0.29, 0.717) is 10.4 Å². The lowest BCUT2D eigenvalue weighted by atomic mass is 9.91. The van der Waals surface area contributed by atoms with Crippen molar-refractivity contribution in [3.05, 3.63) is 14.7 Å². The standard InChI is InChI=1S/C12H18Cl2N2O2S2/c1-15-8-3-5-9(6-4-8)16(2)20(17,18)10-7-11(13)19-12(10)14/h7-9,15H,3-6H2,1-2H3. The van der Waals surface area contributed by atoms with Crippen LogP contribution < -0.4 is 5.32 Å². The Hall–Kier alpha value is 0.150. The Morgan fingerprint density at radius 2 is 1.90 bits per heavy atom. The van der Waals surface area contributed by atoms with Crippen LogP contribution in [-0.2, 0) is 10.0 Å². The number of nitrogens with zero attached hydrogens (tertiary/aromatic N) is 1. The predicted octanol–water partition coefficient (Wildman–Crippen LogP) is 3.21. The monoisotopic (exact) mass is 356 g/mol. The van der Waals surface area contributed by atoms with Crippen molar-refractivity contribution in [2.45, 2.75) is 42.7 Å². The van der Waals surface area contributed by atoms with E-state index in [1.165, 1.54) is 10.4 Å². The molecule has 1 saturated carbocycles. The van der Waals surface area contributed by atoms with E-state index in [9.17, 15) is 8.42 Å². The van der Waals surface area contributed by atoms with Crippen LogP contribution in [0.25, 0.3) is 0 Å². The second kappa shape index (κ2) is 6.50. The van der Waals surface area contributed by atoms with Gasteiger partial charge >= 0.3 is 0 Å². The van der Waals surface area contributed by atoms with Gasteiger partial charge in [0, 0.05) is 19.1 Å². The van der Waals surface area contributed by atoms with Crippen molar-refractivity contribution < 1.29 is 8.42 Å². The molecule has 0 bridgehead atoms. The summed E-state index contributed by atoms with van der Waals surface area (Å²) in [5, 5.41) is 3.24. The molecule has 0 saturated heterocycles. The summed E-state index contributed by atoms with van der Waals surface area (Å²) in [6, 6.07) is 1.94. The Bertz CT molecular complexity index is 566. The largest absolute Gasteiger partial charge is 0.317 e. The third-order valence-corrected chi connectivity index (χ3v) is 7.56. The first-order valence-corrected chi connectivity index (χ1v) is 9.47. The van der Waals surface area contributed by atoms with Gasteiger partial charge in [0.2, 0.25) is 10.0 Å². The highest BCUT2D eigenvalue weighted by molar-refractivity contribution is 7.89. The molecular formula is C12H18Cl2N2O2S2. The van der Waals surface area contributed by atoms with Gasteiger partial charge in [-0.05, 0) is 38.8 Å². The zero-order valence-electron chi connectivity index (χ0n) is 11.4. The average molecular weight is 357 g/mol. The molecule has 0 atom stereocenters. The Balaban J connectivity index is 2.16. The number of hydrogen-bond acceptors (Lipinski definition) is 4. The van der Waals surface area contributed by atoms with Crippen LogP contribution in [0.3, 0.4) is 0 Å². The van der Waals surface area contributed by atoms with E-state index in [2.05, 4.69) is 5.32 Å². The molecule has 1 aliphatic rings. The first-order valence-electron chi connectivity index (χ1n) is 6.46. The first-order chi connectivity index (χ1) is 9.36. The highest BCUT2D eigenvalue weighted by Gasteiger charge is 2.33. The molecule has 20 heavy (non-hydrogen) atoms. The molecule has 0 aliphatic heterocycles. The number of nitrogens with one attached hydrogen (secondary N) is 1. The van der Waals surface area contributed by atoms with Crippen molar-refractivity contribution in [3.63, 3.8) is 0 Å². The van der Waals surface area contributed by atoms with Crippen LogP contribution in [0.5, 0.6) is 0 Å². The van der Waals surface area contributed by atoms with Crippen LogP contribution in [0, 0.1) is 0 Å². The van der Waals surface area contributed by atoms with Gasteiger partial charge in [-0.2, -0.15) is 4.31 Å². The normalized spacial score (nSPS) is 24.2. The van der Waals surface area contributed by atoms with Crippen molar-refractivity contribution >= 4 is 44.6 Å². The molecule has 1 heterocycles. The van der Waals surface area contributed by atoms with Gasteiger partial charge in [0.15, 0.2) is 0 Å². The molecule has 8 heteroatoms. The van der Waals surface area contributed by atoms with Crippen molar-refractivity contribution in [2.75, 3.05) is 14.1 Å². The van der Waals surface area contributed by atoms with Gasteiger partial charge in [-0.1, -0.05) is 23.2 Å². The van der Waals surface area contributed by atoms with Gasteiger partial charge in [-0.15, -0.1) is 11.3 Å². The van der Waals surface area contributed by atoms with Gasteiger partial charge < -0.3 is 5.32 Å². The minimum absolute atomic E-state index is 0.0272. The SMILES string of the molecule is CNC1CCC(N(C)S(=O)(=O)c2cc(Cl)sc2Cl)CC1. The molecule has 4 nitrogen and oxygen atoms in total. The smallest absolute Gasteiger partial charge is 0.245 e. The Kier molecular flexibility index (Phi) is 5.37. The van der Waals surface area contributed by atoms with E-state index in [0.717, 1.165) is 37.0 Å². The minimum Gasteiger partial charge on any atom is -0.317 e. The number of hydrogen-bond donors (Lipinski definition) is 1. The maximum absolute atomic E-state index is 12.6. The van der Waals surface area contributed by atoms with Gasteiger partial charge in [0.05, 0.1) is 4.34 Å². The van der Waals surface area contributed by atoms with Gasteiger partial charge in [-0.3, -0.25) is 0 Å². The fourth-order valence-corrected chi connectivity index (χ4v) is 6.11. The maximum Gasteiger partial charge on any atom is 0.245 e.